The number of carbonyl (C=O) groups is 1. The van der Waals surface area contributed by atoms with Gasteiger partial charge in [0.2, 0.25) is 0 Å². The minimum atomic E-state index is -0.559. The Hall–Kier alpha value is -3.63. The molecule has 3 aliphatic rings. The van der Waals surface area contributed by atoms with Crippen LogP contribution in [0.5, 0.6) is 0 Å². The first-order valence-corrected chi connectivity index (χ1v) is 12.4. The van der Waals surface area contributed by atoms with E-state index in [0.717, 1.165) is 43.9 Å². The fourth-order valence-corrected chi connectivity index (χ4v) is 4.73. The van der Waals surface area contributed by atoms with Gasteiger partial charge in [-0.15, -0.1) is 0 Å². The van der Waals surface area contributed by atoms with E-state index in [9.17, 15) is 14.9 Å². The highest BCUT2D eigenvalue weighted by atomic mass is 16.6. The summed E-state index contributed by atoms with van der Waals surface area (Å²) in [6.07, 6.45) is 10.7. The quantitative estimate of drug-likeness (QED) is 0.302. The molecule has 10 heteroatoms. The van der Waals surface area contributed by atoms with E-state index in [2.05, 4.69) is 57.8 Å². The van der Waals surface area contributed by atoms with E-state index < -0.39 is 10.8 Å². The molecule has 1 fully saturated rings. The second-order valence-electron chi connectivity index (χ2n) is 9.56. The Bertz CT molecular complexity index is 1100. The molecule has 0 aromatic heterocycles. The van der Waals surface area contributed by atoms with Crippen molar-refractivity contribution in [1.82, 2.24) is 25.8 Å². The van der Waals surface area contributed by atoms with E-state index in [-0.39, 0.29) is 11.9 Å². The van der Waals surface area contributed by atoms with Gasteiger partial charge in [0.25, 0.3) is 11.6 Å². The molecule has 1 saturated heterocycles. The molecule has 1 amide bonds. The first-order valence-electron chi connectivity index (χ1n) is 12.4. The Balaban J connectivity index is 1.34. The molecule has 0 radical (unpaired) electrons. The van der Waals surface area contributed by atoms with Crippen LogP contribution in [0.15, 0.2) is 71.7 Å². The first kappa shape index (κ1) is 25.5. The monoisotopic (exact) mass is 493 g/mol. The second kappa shape index (κ2) is 11.4. The summed E-state index contributed by atoms with van der Waals surface area (Å²) in [4.78, 5) is 27.6. The third kappa shape index (κ3) is 6.32. The molecule has 2 unspecified atom stereocenters. The molecule has 4 rings (SSSR count). The summed E-state index contributed by atoms with van der Waals surface area (Å²) in [5.74, 6) is -0.559. The van der Waals surface area contributed by atoms with E-state index in [1.54, 1.807) is 18.3 Å². The minimum absolute atomic E-state index is 0.0231. The van der Waals surface area contributed by atoms with Crippen molar-refractivity contribution in [3.05, 3.63) is 87.4 Å². The lowest BCUT2D eigenvalue weighted by atomic mass is 10.0. The number of primary amides is 1. The number of rotatable bonds is 9. The van der Waals surface area contributed by atoms with E-state index in [4.69, 9.17) is 5.73 Å². The van der Waals surface area contributed by atoms with Gasteiger partial charge in [0.05, 0.1) is 10.5 Å². The molecule has 5 N–H and O–H groups in total. The molecule has 1 aromatic carbocycles. The summed E-state index contributed by atoms with van der Waals surface area (Å²) < 4.78 is 0. The van der Waals surface area contributed by atoms with Gasteiger partial charge in [-0.05, 0) is 38.0 Å². The number of nitrogens with one attached hydrogen (secondary N) is 3. The predicted molar refractivity (Wildman–Crippen MR) is 139 cm³/mol. The van der Waals surface area contributed by atoms with Gasteiger partial charge in [-0.25, -0.2) is 0 Å². The lowest BCUT2D eigenvalue weighted by molar-refractivity contribution is -0.384. The van der Waals surface area contributed by atoms with Crippen LogP contribution in [0, 0.1) is 10.1 Å². The highest BCUT2D eigenvalue weighted by molar-refractivity contribution is 5.96. The van der Waals surface area contributed by atoms with Crippen molar-refractivity contribution < 1.29 is 9.72 Å². The topological polar surface area (TPSA) is 129 Å². The van der Waals surface area contributed by atoms with Crippen LogP contribution in [0.4, 0.5) is 5.69 Å². The average molecular weight is 494 g/mol. The lowest BCUT2D eigenvalue weighted by Gasteiger charge is -2.40. The van der Waals surface area contributed by atoms with Crippen molar-refractivity contribution in [2.75, 3.05) is 26.2 Å². The largest absolute Gasteiger partial charge is 0.380 e. The van der Waals surface area contributed by atoms with Gasteiger partial charge in [0.15, 0.2) is 0 Å². The van der Waals surface area contributed by atoms with Crippen molar-refractivity contribution in [1.29, 1.82) is 0 Å². The lowest BCUT2D eigenvalue weighted by Crippen LogP contribution is -2.52. The Labute approximate surface area is 211 Å². The van der Waals surface area contributed by atoms with Gasteiger partial charge in [0, 0.05) is 74.5 Å². The van der Waals surface area contributed by atoms with Gasteiger partial charge in [-0.1, -0.05) is 24.3 Å². The summed E-state index contributed by atoms with van der Waals surface area (Å²) in [5, 5.41) is 20.9. The molecule has 0 bridgehead atoms. The third-order valence-corrected chi connectivity index (χ3v) is 6.85. The van der Waals surface area contributed by atoms with Crippen molar-refractivity contribution >= 4 is 11.6 Å². The molecule has 2 heterocycles. The molecule has 0 spiro atoms. The Kier molecular flexibility index (Phi) is 8.07. The highest BCUT2D eigenvalue weighted by Gasteiger charge is 2.25. The molecule has 2 atom stereocenters. The van der Waals surface area contributed by atoms with Gasteiger partial charge in [-0.3, -0.25) is 24.7 Å². The van der Waals surface area contributed by atoms with Crippen LogP contribution in [0.2, 0.25) is 0 Å². The number of nitrogens with zero attached hydrogens (tertiary/aromatic N) is 3. The van der Waals surface area contributed by atoms with Crippen molar-refractivity contribution in [2.45, 2.75) is 45.1 Å². The summed E-state index contributed by atoms with van der Waals surface area (Å²) in [7, 11) is 0. The first-order chi connectivity index (χ1) is 17.3. The zero-order chi connectivity index (χ0) is 25.7. The number of nitrogens with two attached hydrogens (primary N) is 1. The fourth-order valence-electron chi connectivity index (χ4n) is 4.73. The second-order valence-corrected chi connectivity index (χ2v) is 9.56. The SMILES string of the molecule is CC(C)N1CCN(C2C=CC(NC3C=C(NCc4cccc([N+](=O)[O-])c4)C(C(N)=O)=CN3)=CC2)CC1. The third-order valence-electron chi connectivity index (χ3n) is 6.85. The molecule has 192 valence electrons. The number of benzene rings is 1. The Morgan fingerprint density at radius 2 is 2.06 bits per heavy atom. The van der Waals surface area contributed by atoms with Crippen LogP contribution in [-0.4, -0.2) is 65.1 Å². The van der Waals surface area contributed by atoms with Gasteiger partial charge >= 0.3 is 0 Å². The average Bonchev–Trinajstić information content (AvgIpc) is 2.88. The number of nitro benzene ring substituents is 1. The Morgan fingerprint density at radius 1 is 1.28 bits per heavy atom. The highest BCUT2D eigenvalue weighted by Crippen LogP contribution is 2.19. The van der Waals surface area contributed by atoms with Gasteiger partial charge in [0.1, 0.15) is 6.17 Å². The number of allylic oxidation sites excluding steroid dienone is 1. The summed E-state index contributed by atoms with van der Waals surface area (Å²) in [5.41, 5.74) is 8.23. The standard InChI is InChI=1S/C26H35N7O3/c1-18(2)31-10-12-32(13-11-31)21-8-6-20(7-9-21)30-25-15-24(23(17-29-25)26(27)34)28-16-19-4-3-5-22(14-19)33(35)36/h3-8,14-15,17-18,21,25,28-30H,9-13,16H2,1-2H3,(H2,27,34). The number of nitro groups is 1. The number of carbonyl (C=O) groups excluding carboxylic acids is 1. The van der Waals surface area contributed by atoms with Gasteiger partial charge in [-0.2, -0.15) is 0 Å². The smallest absolute Gasteiger partial charge is 0.269 e. The van der Waals surface area contributed by atoms with Crippen LogP contribution in [0.25, 0.3) is 0 Å². The molecule has 36 heavy (non-hydrogen) atoms. The minimum Gasteiger partial charge on any atom is -0.380 e. The van der Waals surface area contributed by atoms with Crippen LogP contribution in [0.1, 0.15) is 25.8 Å². The zero-order valence-electron chi connectivity index (χ0n) is 20.8. The predicted octanol–water partition coefficient (Wildman–Crippen LogP) is 1.69. The van der Waals surface area contributed by atoms with Gasteiger partial charge < -0.3 is 21.7 Å². The molecule has 1 aliphatic carbocycles. The molecule has 2 aliphatic heterocycles. The summed E-state index contributed by atoms with van der Waals surface area (Å²) in [6.45, 7) is 9.19. The zero-order valence-corrected chi connectivity index (χ0v) is 20.8. The maximum atomic E-state index is 12.0. The van der Waals surface area contributed by atoms with Crippen molar-refractivity contribution in [3.8, 4) is 0 Å². The van der Waals surface area contributed by atoms with E-state index in [0.29, 0.717) is 29.9 Å². The van der Waals surface area contributed by atoms with E-state index in [1.807, 2.05) is 6.08 Å². The molecular weight excluding hydrogens is 458 g/mol. The van der Waals surface area contributed by atoms with Crippen LogP contribution < -0.4 is 21.7 Å². The maximum absolute atomic E-state index is 12.0. The van der Waals surface area contributed by atoms with Crippen molar-refractivity contribution in [3.63, 3.8) is 0 Å². The molecule has 0 saturated carbocycles. The molecule has 1 aromatic rings. The maximum Gasteiger partial charge on any atom is 0.269 e. The summed E-state index contributed by atoms with van der Waals surface area (Å²) >= 11 is 0. The molecular formula is C26H35N7O3. The number of piperazine rings is 1. The number of non-ortho nitro benzene ring substituents is 1. The van der Waals surface area contributed by atoms with Crippen LogP contribution in [-0.2, 0) is 11.3 Å². The fraction of sp³-hybridized carbons (Fsp3) is 0.423. The summed E-state index contributed by atoms with van der Waals surface area (Å²) in [6, 6.07) is 7.39. The normalized spacial score (nSPS) is 22.8. The van der Waals surface area contributed by atoms with E-state index in [1.165, 1.54) is 12.1 Å². The number of dihydropyridines is 1. The molecule has 10 nitrogen and oxygen atoms in total. The van der Waals surface area contributed by atoms with Crippen LogP contribution >= 0.6 is 0 Å². The van der Waals surface area contributed by atoms with Crippen molar-refractivity contribution in [2.24, 2.45) is 5.73 Å². The Morgan fingerprint density at radius 3 is 2.69 bits per heavy atom. The number of hydrogen-bond acceptors (Lipinski definition) is 8. The van der Waals surface area contributed by atoms with E-state index >= 15 is 0 Å². The number of amides is 1. The number of hydrogen-bond donors (Lipinski definition) is 4. The van der Waals surface area contributed by atoms with Crippen LogP contribution in [0.3, 0.4) is 0 Å².